The molecule has 3 heterocycles. The van der Waals surface area contributed by atoms with Gasteiger partial charge in [0.25, 0.3) is 0 Å². The summed E-state index contributed by atoms with van der Waals surface area (Å²) in [7, 11) is 0. The van der Waals surface area contributed by atoms with Crippen molar-refractivity contribution in [3.05, 3.63) is 35.4 Å². The van der Waals surface area contributed by atoms with Crippen LogP contribution >= 0.6 is 11.6 Å². The van der Waals surface area contributed by atoms with E-state index in [0.717, 1.165) is 10.9 Å². The van der Waals surface area contributed by atoms with Gasteiger partial charge in [-0.15, -0.1) is 0 Å². The van der Waals surface area contributed by atoms with Crippen molar-refractivity contribution in [2.24, 2.45) is 0 Å². The summed E-state index contributed by atoms with van der Waals surface area (Å²) in [5.41, 5.74) is 1.38. The Morgan fingerprint density at radius 3 is 2.61 bits per heavy atom. The number of pyridine rings is 1. The minimum atomic E-state index is -2.61. The summed E-state index contributed by atoms with van der Waals surface area (Å²) < 4.78 is 32.1. The minimum Gasteiger partial charge on any atom is -0.335 e. The molecule has 33 heavy (non-hydrogen) atoms. The van der Waals surface area contributed by atoms with E-state index in [-0.39, 0.29) is 24.9 Å². The summed E-state index contributed by atoms with van der Waals surface area (Å²) in [6.45, 7) is 2.01. The Morgan fingerprint density at radius 1 is 1.09 bits per heavy atom. The van der Waals surface area contributed by atoms with Crippen molar-refractivity contribution in [3.63, 3.8) is 0 Å². The van der Waals surface area contributed by atoms with Crippen LogP contribution in [0.25, 0.3) is 22.4 Å². The number of amides is 2. The average molecular weight is 477 g/mol. The molecule has 174 valence electrons. The number of nitrogens with zero attached hydrogens (tertiary/aromatic N) is 5. The fourth-order valence-electron chi connectivity index (χ4n) is 4.22. The van der Waals surface area contributed by atoms with Gasteiger partial charge in [0.2, 0.25) is 11.7 Å². The first-order valence-electron chi connectivity index (χ1n) is 10.9. The van der Waals surface area contributed by atoms with Gasteiger partial charge in [0.15, 0.2) is 0 Å². The second-order valence-corrected chi connectivity index (χ2v) is 8.92. The zero-order valence-electron chi connectivity index (χ0n) is 17.8. The molecule has 0 spiro atoms. The third-order valence-corrected chi connectivity index (χ3v) is 6.41. The van der Waals surface area contributed by atoms with Crippen LogP contribution < -0.4 is 10.2 Å². The van der Waals surface area contributed by atoms with Crippen molar-refractivity contribution in [1.82, 2.24) is 25.3 Å². The van der Waals surface area contributed by atoms with Crippen LogP contribution in [0.3, 0.4) is 0 Å². The van der Waals surface area contributed by atoms with Gasteiger partial charge < -0.3 is 19.6 Å². The highest BCUT2D eigenvalue weighted by Gasteiger charge is 2.36. The third kappa shape index (κ3) is 4.85. The van der Waals surface area contributed by atoms with Gasteiger partial charge in [-0.3, -0.25) is 0 Å². The summed E-state index contributed by atoms with van der Waals surface area (Å²) in [6, 6.07) is 9.15. The Bertz CT molecular complexity index is 1150. The Hall–Kier alpha value is -3.01. The summed E-state index contributed by atoms with van der Waals surface area (Å²) in [4.78, 5) is 25.2. The molecule has 0 bridgehead atoms. The highest BCUT2D eigenvalue weighted by Crippen LogP contribution is 2.33. The molecule has 0 atom stereocenters. The summed E-state index contributed by atoms with van der Waals surface area (Å²) in [6.07, 6.45) is 0.259. The quantitative estimate of drug-likeness (QED) is 0.604. The van der Waals surface area contributed by atoms with Gasteiger partial charge >= 0.3 is 12.0 Å². The Balaban J connectivity index is 1.17. The zero-order chi connectivity index (χ0) is 23.0. The lowest BCUT2D eigenvalue weighted by Gasteiger charge is -2.35. The Kier molecular flexibility index (Phi) is 5.77. The van der Waals surface area contributed by atoms with Gasteiger partial charge in [-0.1, -0.05) is 22.8 Å². The van der Waals surface area contributed by atoms with Crippen molar-refractivity contribution in [3.8, 4) is 11.5 Å². The normalized spacial score (nSPS) is 19.1. The van der Waals surface area contributed by atoms with Gasteiger partial charge in [-0.2, -0.15) is 4.98 Å². The monoisotopic (exact) mass is 476 g/mol. The molecular formula is C22H23ClF2N6O2. The Morgan fingerprint density at radius 2 is 1.85 bits per heavy atom. The van der Waals surface area contributed by atoms with Gasteiger partial charge in [-0.25, -0.2) is 18.6 Å². The number of hydrogen-bond donors (Lipinski definition) is 1. The van der Waals surface area contributed by atoms with Gasteiger partial charge in [0, 0.05) is 55.5 Å². The SMILES string of the molecule is O=C(NC1CCC(F)(F)CC1)N1CCN(c2nc(-c3ccc4cc(Cl)ccc4n3)no2)CC1. The first-order valence-corrected chi connectivity index (χ1v) is 11.3. The summed E-state index contributed by atoms with van der Waals surface area (Å²) >= 11 is 6.02. The molecule has 2 aromatic heterocycles. The molecule has 2 aliphatic rings. The van der Waals surface area contributed by atoms with E-state index < -0.39 is 5.92 Å². The predicted octanol–water partition coefficient (Wildman–Crippen LogP) is 4.35. The number of benzene rings is 1. The lowest BCUT2D eigenvalue weighted by molar-refractivity contribution is -0.0398. The van der Waals surface area contributed by atoms with Crippen molar-refractivity contribution in [2.75, 3.05) is 31.1 Å². The molecule has 1 saturated heterocycles. The van der Waals surface area contributed by atoms with E-state index in [1.165, 1.54) is 0 Å². The number of carbonyl (C=O) groups excluding carboxylic acids is 1. The molecule has 1 aromatic carbocycles. The highest BCUT2D eigenvalue weighted by molar-refractivity contribution is 6.31. The van der Waals surface area contributed by atoms with Crippen molar-refractivity contribution < 1.29 is 18.1 Å². The lowest BCUT2D eigenvalue weighted by atomic mass is 9.92. The largest absolute Gasteiger partial charge is 0.335 e. The van der Waals surface area contributed by atoms with Crippen LogP contribution in [0.15, 0.2) is 34.9 Å². The number of anilines is 1. The van der Waals surface area contributed by atoms with Gasteiger partial charge in [0.1, 0.15) is 5.69 Å². The van der Waals surface area contributed by atoms with Crippen molar-refractivity contribution in [2.45, 2.75) is 37.6 Å². The molecule has 3 aromatic rings. The van der Waals surface area contributed by atoms with E-state index in [4.69, 9.17) is 16.1 Å². The molecule has 0 unspecified atom stereocenters. The van der Waals surface area contributed by atoms with E-state index >= 15 is 0 Å². The molecule has 2 fully saturated rings. The summed E-state index contributed by atoms with van der Waals surface area (Å²) in [5, 5.41) is 8.52. The second-order valence-electron chi connectivity index (χ2n) is 8.49. The van der Waals surface area contributed by atoms with Crippen LogP contribution in [0.5, 0.6) is 0 Å². The molecule has 0 radical (unpaired) electrons. The topological polar surface area (TPSA) is 87.4 Å². The standard InChI is InChI=1S/C22H23ClF2N6O2/c23-15-2-4-17-14(13-15)1-3-18(27-17)19-28-21(33-29-19)31-11-9-30(10-12-31)20(32)26-16-5-7-22(24,25)8-6-16/h1-4,13,16H,5-12H2,(H,26,32). The molecule has 2 amide bonds. The molecular weight excluding hydrogens is 454 g/mol. The highest BCUT2D eigenvalue weighted by atomic mass is 35.5. The second kappa shape index (κ2) is 8.74. The molecule has 1 aliphatic carbocycles. The van der Waals surface area contributed by atoms with Crippen molar-refractivity contribution in [1.29, 1.82) is 0 Å². The predicted molar refractivity (Wildman–Crippen MR) is 120 cm³/mol. The van der Waals surface area contributed by atoms with Crippen LogP contribution in [-0.4, -0.2) is 64.2 Å². The van der Waals surface area contributed by atoms with Crippen LogP contribution in [0.2, 0.25) is 5.02 Å². The van der Waals surface area contributed by atoms with Gasteiger partial charge in [0.05, 0.1) is 5.52 Å². The molecule has 8 nitrogen and oxygen atoms in total. The number of carbonyl (C=O) groups is 1. The number of alkyl halides is 2. The van der Waals surface area contributed by atoms with Crippen LogP contribution in [0.1, 0.15) is 25.7 Å². The average Bonchev–Trinajstić information content (AvgIpc) is 3.30. The minimum absolute atomic E-state index is 0.176. The first kappa shape index (κ1) is 21.8. The van der Waals surface area contributed by atoms with E-state index in [1.54, 1.807) is 11.0 Å². The third-order valence-electron chi connectivity index (χ3n) is 6.18. The van der Waals surface area contributed by atoms with E-state index in [0.29, 0.717) is 61.6 Å². The summed E-state index contributed by atoms with van der Waals surface area (Å²) in [5.74, 6) is -2.22. The number of urea groups is 1. The van der Waals surface area contributed by atoms with Crippen molar-refractivity contribution >= 4 is 34.5 Å². The van der Waals surface area contributed by atoms with Crippen LogP contribution in [0.4, 0.5) is 19.6 Å². The fourth-order valence-corrected chi connectivity index (χ4v) is 4.40. The smallest absolute Gasteiger partial charge is 0.324 e. The van der Waals surface area contributed by atoms with Crippen LogP contribution in [-0.2, 0) is 0 Å². The van der Waals surface area contributed by atoms with E-state index in [9.17, 15) is 13.6 Å². The lowest BCUT2D eigenvalue weighted by Crippen LogP contribution is -2.54. The maximum Gasteiger partial charge on any atom is 0.324 e. The fraction of sp³-hybridized carbons (Fsp3) is 0.455. The maximum atomic E-state index is 13.3. The molecule has 1 saturated carbocycles. The maximum absolute atomic E-state index is 13.3. The number of halogens is 3. The molecule has 5 rings (SSSR count). The number of nitrogens with one attached hydrogen (secondary N) is 1. The zero-order valence-corrected chi connectivity index (χ0v) is 18.6. The van der Waals surface area contributed by atoms with Gasteiger partial charge in [-0.05, 0) is 37.1 Å². The first-order chi connectivity index (χ1) is 15.9. The van der Waals surface area contributed by atoms with E-state index in [2.05, 4.69) is 20.4 Å². The van der Waals surface area contributed by atoms with E-state index in [1.807, 2.05) is 29.2 Å². The number of aromatic nitrogens is 3. The number of piperazine rings is 1. The molecule has 1 N–H and O–H groups in total. The number of hydrogen-bond acceptors (Lipinski definition) is 6. The molecule has 1 aliphatic heterocycles. The molecule has 11 heteroatoms. The number of rotatable bonds is 3. The Labute approximate surface area is 193 Å². The van der Waals surface area contributed by atoms with Crippen LogP contribution in [0, 0.1) is 0 Å². The number of fused-ring (bicyclic) bond motifs is 1.